The van der Waals surface area contributed by atoms with Crippen LogP contribution in [-0.4, -0.2) is 19.8 Å². The Morgan fingerprint density at radius 2 is 2.17 bits per heavy atom. The Kier molecular flexibility index (Phi) is 5.31. The van der Waals surface area contributed by atoms with E-state index in [9.17, 15) is 0 Å². The monoisotopic (exact) mass is 287 g/mol. The van der Waals surface area contributed by atoms with Gasteiger partial charge in [-0.1, -0.05) is 29.3 Å². The molecule has 2 nitrogen and oxygen atoms in total. The van der Waals surface area contributed by atoms with Crippen molar-refractivity contribution >= 4 is 23.2 Å². The highest BCUT2D eigenvalue weighted by atomic mass is 35.5. The highest BCUT2D eigenvalue weighted by Gasteiger charge is 2.20. The Balaban J connectivity index is 1.70. The molecule has 1 atom stereocenters. The van der Waals surface area contributed by atoms with E-state index < -0.39 is 0 Å². The van der Waals surface area contributed by atoms with Crippen LogP contribution < -0.4 is 5.32 Å². The van der Waals surface area contributed by atoms with Gasteiger partial charge in [0.1, 0.15) is 0 Å². The summed E-state index contributed by atoms with van der Waals surface area (Å²) in [6.07, 6.45) is 2.68. The summed E-state index contributed by atoms with van der Waals surface area (Å²) in [5, 5.41) is 4.78. The topological polar surface area (TPSA) is 21.3 Å². The Morgan fingerprint density at radius 3 is 2.83 bits per heavy atom. The lowest BCUT2D eigenvalue weighted by Crippen LogP contribution is -2.23. The van der Waals surface area contributed by atoms with Crippen LogP contribution in [0.4, 0.5) is 0 Å². The molecule has 1 aromatic rings. The van der Waals surface area contributed by atoms with E-state index >= 15 is 0 Å². The van der Waals surface area contributed by atoms with Gasteiger partial charge in [-0.3, -0.25) is 0 Å². The van der Waals surface area contributed by atoms with Crippen molar-refractivity contribution in [1.29, 1.82) is 0 Å². The number of nitrogens with one attached hydrogen (secondary N) is 1. The molecule has 0 radical (unpaired) electrons. The smallest absolute Gasteiger partial charge is 0.0591 e. The number of ether oxygens (including phenoxy) is 1. The molecule has 0 saturated heterocycles. The summed E-state index contributed by atoms with van der Waals surface area (Å²) >= 11 is 12.0. The SMILES string of the molecule is CC(NCCOCC1CC1)c1ccc(Cl)cc1Cl. The van der Waals surface area contributed by atoms with Crippen LogP contribution in [-0.2, 0) is 4.74 Å². The lowest BCUT2D eigenvalue weighted by Gasteiger charge is -2.16. The predicted octanol–water partition coefficient (Wildman–Crippen LogP) is 4.07. The molecule has 1 aliphatic carbocycles. The molecule has 100 valence electrons. The summed E-state index contributed by atoms with van der Waals surface area (Å²) < 4.78 is 5.58. The number of halogens is 2. The van der Waals surface area contributed by atoms with Crippen molar-refractivity contribution in [3.8, 4) is 0 Å². The molecule has 0 amide bonds. The molecule has 0 aromatic heterocycles. The molecule has 0 aliphatic heterocycles. The largest absolute Gasteiger partial charge is 0.380 e. The van der Waals surface area contributed by atoms with Crippen LogP contribution in [0.1, 0.15) is 31.4 Å². The average Bonchev–Trinajstić information content (AvgIpc) is 3.12. The van der Waals surface area contributed by atoms with Crippen molar-refractivity contribution in [2.45, 2.75) is 25.8 Å². The third-order valence-electron chi connectivity index (χ3n) is 3.18. The van der Waals surface area contributed by atoms with E-state index in [1.807, 2.05) is 12.1 Å². The van der Waals surface area contributed by atoms with Gasteiger partial charge in [0.25, 0.3) is 0 Å². The molecule has 1 aromatic carbocycles. The molecule has 1 N–H and O–H groups in total. The third kappa shape index (κ3) is 4.43. The molecule has 0 bridgehead atoms. The summed E-state index contributed by atoms with van der Waals surface area (Å²) in [4.78, 5) is 0. The Bertz CT molecular complexity index is 393. The van der Waals surface area contributed by atoms with Gasteiger partial charge < -0.3 is 10.1 Å². The zero-order chi connectivity index (χ0) is 13.0. The number of benzene rings is 1. The highest BCUT2D eigenvalue weighted by Crippen LogP contribution is 2.28. The van der Waals surface area contributed by atoms with Crippen LogP contribution in [0, 0.1) is 5.92 Å². The van der Waals surface area contributed by atoms with Crippen LogP contribution in [0.5, 0.6) is 0 Å². The van der Waals surface area contributed by atoms with Gasteiger partial charge in [-0.25, -0.2) is 0 Å². The maximum absolute atomic E-state index is 6.16. The maximum Gasteiger partial charge on any atom is 0.0591 e. The fourth-order valence-electron chi connectivity index (χ4n) is 1.84. The molecule has 1 aliphatic rings. The van der Waals surface area contributed by atoms with Crippen LogP contribution in [0.3, 0.4) is 0 Å². The van der Waals surface area contributed by atoms with E-state index in [0.717, 1.165) is 31.2 Å². The second-order valence-electron chi connectivity index (χ2n) is 4.86. The lowest BCUT2D eigenvalue weighted by atomic mass is 10.1. The van der Waals surface area contributed by atoms with Gasteiger partial charge in [0.2, 0.25) is 0 Å². The number of rotatable bonds is 7. The van der Waals surface area contributed by atoms with Crippen molar-refractivity contribution in [2.24, 2.45) is 5.92 Å². The van der Waals surface area contributed by atoms with Gasteiger partial charge >= 0.3 is 0 Å². The zero-order valence-electron chi connectivity index (χ0n) is 10.6. The molecule has 18 heavy (non-hydrogen) atoms. The molecule has 0 spiro atoms. The minimum atomic E-state index is 0.208. The average molecular weight is 288 g/mol. The minimum absolute atomic E-state index is 0.208. The first-order valence-corrected chi connectivity index (χ1v) is 7.18. The van der Waals surface area contributed by atoms with Crippen molar-refractivity contribution < 1.29 is 4.74 Å². The summed E-state index contributed by atoms with van der Waals surface area (Å²) in [6, 6.07) is 5.82. The van der Waals surface area contributed by atoms with Gasteiger partial charge in [-0.05, 0) is 43.4 Å². The van der Waals surface area contributed by atoms with Gasteiger partial charge in [-0.2, -0.15) is 0 Å². The zero-order valence-corrected chi connectivity index (χ0v) is 12.1. The molecule has 4 heteroatoms. The van der Waals surface area contributed by atoms with Crippen molar-refractivity contribution in [3.63, 3.8) is 0 Å². The summed E-state index contributed by atoms with van der Waals surface area (Å²) in [5.41, 5.74) is 1.07. The second kappa shape index (κ2) is 6.76. The fraction of sp³-hybridized carbons (Fsp3) is 0.571. The van der Waals surface area contributed by atoms with E-state index in [0.29, 0.717) is 10.0 Å². The van der Waals surface area contributed by atoms with Gasteiger partial charge in [0, 0.05) is 29.2 Å². The van der Waals surface area contributed by atoms with Crippen molar-refractivity contribution in [2.75, 3.05) is 19.8 Å². The first kappa shape index (κ1) is 14.1. The minimum Gasteiger partial charge on any atom is -0.380 e. The first-order chi connectivity index (χ1) is 8.66. The van der Waals surface area contributed by atoms with Crippen LogP contribution in [0.2, 0.25) is 10.0 Å². The fourth-order valence-corrected chi connectivity index (χ4v) is 2.42. The van der Waals surface area contributed by atoms with Crippen LogP contribution in [0.15, 0.2) is 18.2 Å². The Hall–Kier alpha value is -0.280. The number of hydrogen-bond acceptors (Lipinski definition) is 2. The van der Waals surface area contributed by atoms with Gasteiger partial charge in [0.15, 0.2) is 0 Å². The molecule has 1 fully saturated rings. The van der Waals surface area contributed by atoms with E-state index in [1.165, 1.54) is 12.8 Å². The second-order valence-corrected chi connectivity index (χ2v) is 5.70. The molecular formula is C14H19Cl2NO. The summed E-state index contributed by atoms with van der Waals surface area (Å²) in [6.45, 7) is 4.60. The number of hydrogen-bond donors (Lipinski definition) is 1. The van der Waals surface area contributed by atoms with E-state index in [-0.39, 0.29) is 6.04 Å². The first-order valence-electron chi connectivity index (χ1n) is 6.43. The Labute approximate surface area is 119 Å². The summed E-state index contributed by atoms with van der Waals surface area (Å²) in [5.74, 6) is 0.827. The van der Waals surface area contributed by atoms with Gasteiger partial charge in [0.05, 0.1) is 6.61 Å². The lowest BCUT2D eigenvalue weighted by molar-refractivity contribution is 0.124. The Morgan fingerprint density at radius 1 is 1.39 bits per heavy atom. The summed E-state index contributed by atoms with van der Waals surface area (Å²) in [7, 11) is 0. The van der Waals surface area contributed by atoms with Gasteiger partial charge in [-0.15, -0.1) is 0 Å². The predicted molar refractivity (Wildman–Crippen MR) is 76.4 cm³/mol. The normalized spacial score (nSPS) is 16.8. The van der Waals surface area contributed by atoms with Crippen LogP contribution in [0.25, 0.3) is 0 Å². The van der Waals surface area contributed by atoms with Crippen LogP contribution >= 0.6 is 23.2 Å². The molecule has 1 saturated carbocycles. The molecule has 0 heterocycles. The van der Waals surface area contributed by atoms with Crippen molar-refractivity contribution in [3.05, 3.63) is 33.8 Å². The third-order valence-corrected chi connectivity index (χ3v) is 3.74. The van der Waals surface area contributed by atoms with E-state index in [4.69, 9.17) is 27.9 Å². The highest BCUT2D eigenvalue weighted by molar-refractivity contribution is 6.35. The molecule has 1 unspecified atom stereocenters. The quantitative estimate of drug-likeness (QED) is 0.764. The van der Waals surface area contributed by atoms with E-state index in [1.54, 1.807) is 6.07 Å². The van der Waals surface area contributed by atoms with E-state index in [2.05, 4.69) is 12.2 Å². The molecule has 2 rings (SSSR count). The van der Waals surface area contributed by atoms with Crippen molar-refractivity contribution in [1.82, 2.24) is 5.32 Å². The molecular weight excluding hydrogens is 269 g/mol. The standard InChI is InChI=1S/C14H19Cl2NO/c1-10(13-5-4-12(15)8-14(13)16)17-6-7-18-9-11-2-3-11/h4-5,8,10-11,17H,2-3,6-7,9H2,1H3. The maximum atomic E-state index is 6.16.